The monoisotopic (exact) mass is 740 g/mol. The van der Waals surface area contributed by atoms with Crippen molar-refractivity contribution in [2.45, 2.75) is 265 Å². The molecule has 2 N–H and O–H groups in total. The van der Waals surface area contributed by atoms with Crippen molar-refractivity contribution < 1.29 is 24.5 Å². The summed E-state index contributed by atoms with van der Waals surface area (Å²) < 4.78 is 11.7. The van der Waals surface area contributed by atoms with Gasteiger partial charge in [0.1, 0.15) is 0 Å². The smallest absolute Gasteiger partial charge is 0.305 e. The van der Waals surface area contributed by atoms with Crippen LogP contribution in [0.15, 0.2) is 0 Å². The molecule has 312 valence electrons. The van der Waals surface area contributed by atoms with E-state index in [1.54, 1.807) is 0 Å². The zero-order chi connectivity index (χ0) is 38.2. The van der Waals surface area contributed by atoms with E-state index in [0.717, 1.165) is 96.7 Å². The highest BCUT2D eigenvalue weighted by molar-refractivity contribution is 5.69. The first-order chi connectivity index (χ1) is 25.5. The molecule has 0 aliphatic heterocycles. The topological polar surface area (TPSA) is 79.2 Å². The third-order valence-electron chi connectivity index (χ3n) is 10.8. The molecule has 0 aromatic carbocycles. The summed E-state index contributed by atoms with van der Waals surface area (Å²) in [6.07, 6.45) is 39.2. The van der Waals surface area contributed by atoms with Crippen molar-refractivity contribution in [3.05, 3.63) is 0 Å². The van der Waals surface area contributed by atoms with E-state index in [2.05, 4.69) is 32.6 Å². The summed E-state index contributed by atoms with van der Waals surface area (Å²) in [5, 5.41) is 21.1. The molecule has 0 bridgehead atoms. The second-order valence-corrected chi connectivity index (χ2v) is 16.1. The van der Waals surface area contributed by atoms with Crippen LogP contribution >= 0.6 is 0 Å². The molecule has 0 spiro atoms. The Kier molecular flexibility index (Phi) is 40.9. The van der Waals surface area contributed by atoms with Gasteiger partial charge in [0, 0.05) is 13.0 Å². The Morgan fingerprint density at radius 3 is 1.38 bits per heavy atom. The van der Waals surface area contributed by atoms with Gasteiger partial charge in [-0.15, -0.1) is 0 Å². The van der Waals surface area contributed by atoms with Gasteiger partial charge in [-0.1, -0.05) is 182 Å². The Hall–Kier alpha value is -0.690. The molecule has 0 radical (unpaired) electrons. The van der Waals surface area contributed by atoms with Gasteiger partial charge in [0.15, 0.2) is 6.29 Å². The summed E-state index contributed by atoms with van der Waals surface area (Å²) in [7, 11) is 0. The zero-order valence-electron chi connectivity index (χ0n) is 35.7. The first-order valence-electron chi connectivity index (χ1n) is 23.4. The molecule has 52 heavy (non-hydrogen) atoms. The van der Waals surface area contributed by atoms with Crippen LogP contribution in [0.5, 0.6) is 0 Å². The van der Waals surface area contributed by atoms with Gasteiger partial charge >= 0.3 is 5.97 Å². The lowest BCUT2D eigenvalue weighted by atomic mass is 10.0. The van der Waals surface area contributed by atoms with Gasteiger partial charge in [-0.2, -0.15) is 0 Å². The standard InChI is InChI=1S/C46H93NO5/c1-5-9-12-15-18-27-34-41-51-45(49)37-30-23-19-25-32-39-47(42-43(48)8-4)40-33-26-20-24-31-38-46(50)52-44(35-28-21-16-13-10-6-2)36-29-22-17-14-11-7-3/h43-44,46,48,50H,5-42H2,1-4H3. The SMILES string of the molecule is CCCCCCCCCOC(=O)CCCCCCCN(CCCCCCCC(O)OC(CCCCCCCC)CCCCCCCC)CC(O)CC. The van der Waals surface area contributed by atoms with E-state index in [4.69, 9.17) is 9.47 Å². The molecule has 0 rings (SSSR count). The predicted molar refractivity (Wildman–Crippen MR) is 224 cm³/mol. The Balaban J connectivity index is 4.11. The lowest BCUT2D eigenvalue weighted by Crippen LogP contribution is -2.33. The van der Waals surface area contributed by atoms with Gasteiger partial charge in [0.2, 0.25) is 0 Å². The van der Waals surface area contributed by atoms with E-state index in [9.17, 15) is 15.0 Å². The minimum atomic E-state index is -0.621. The molecule has 0 saturated carbocycles. The van der Waals surface area contributed by atoms with E-state index in [1.165, 1.54) is 135 Å². The number of unbranched alkanes of at least 4 members (excludes halogenated alkanes) is 24. The molecule has 0 fully saturated rings. The molecule has 0 aromatic rings. The van der Waals surface area contributed by atoms with Crippen LogP contribution in [-0.2, 0) is 14.3 Å². The van der Waals surface area contributed by atoms with Crippen LogP contribution in [0, 0.1) is 0 Å². The summed E-state index contributed by atoms with van der Waals surface area (Å²) >= 11 is 0. The van der Waals surface area contributed by atoms with Crippen molar-refractivity contribution in [1.29, 1.82) is 0 Å². The second kappa shape index (κ2) is 41.5. The average Bonchev–Trinajstić information content (AvgIpc) is 3.14. The molecule has 2 atom stereocenters. The third kappa shape index (κ3) is 37.6. The van der Waals surface area contributed by atoms with E-state index in [1.807, 2.05) is 0 Å². The molecule has 0 aromatic heterocycles. The van der Waals surface area contributed by atoms with Gasteiger partial charge in [-0.25, -0.2) is 0 Å². The van der Waals surface area contributed by atoms with Crippen molar-refractivity contribution in [2.24, 2.45) is 0 Å². The fraction of sp³-hybridized carbons (Fsp3) is 0.978. The quantitative estimate of drug-likeness (QED) is 0.0368. The second-order valence-electron chi connectivity index (χ2n) is 16.1. The van der Waals surface area contributed by atoms with Gasteiger partial charge in [0.05, 0.1) is 18.8 Å². The van der Waals surface area contributed by atoms with Crippen LogP contribution in [-0.4, -0.2) is 65.8 Å². The Labute approximate surface area is 325 Å². The molecule has 6 nitrogen and oxygen atoms in total. The number of ether oxygens (including phenoxy) is 2. The predicted octanol–water partition coefficient (Wildman–Crippen LogP) is 13.2. The molecule has 2 unspecified atom stereocenters. The highest BCUT2D eigenvalue weighted by Crippen LogP contribution is 2.20. The number of hydrogen-bond acceptors (Lipinski definition) is 6. The van der Waals surface area contributed by atoms with Crippen LogP contribution in [0.4, 0.5) is 0 Å². The van der Waals surface area contributed by atoms with Gasteiger partial charge in [0.25, 0.3) is 0 Å². The molecule has 0 aliphatic rings. The summed E-state index contributed by atoms with van der Waals surface area (Å²) in [5.41, 5.74) is 0. The number of esters is 1. The first-order valence-corrected chi connectivity index (χ1v) is 23.4. The van der Waals surface area contributed by atoms with Crippen molar-refractivity contribution >= 4 is 5.97 Å². The summed E-state index contributed by atoms with van der Waals surface area (Å²) in [6.45, 7) is 12.3. The molecular formula is C46H93NO5. The summed E-state index contributed by atoms with van der Waals surface area (Å²) in [5.74, 6) is -0.0264. The number of aliphatic hydroxyl groups excluding tert-OH is 2. The highest BCUT2D eigenvalue weighted by Gasteiger charge is 2.15. The Bertz CT molecular complexity index is 690. The van der Waals surface area contributed by atoms with E-state index in [-0.39, 0.29) is 18.2 Å². The normalized spacial score (nSPS) is 13.0. The first kappa shape index (κ1) is 51.3. The lowest BCUT2D eigenvalue weighted by molar-refractivity contribution is -0.144. The molecule has 0 heterocycles. The van der Waals surface area contributed by atoms with E-state index < -0.39 is 6.29 Å². The molecule has 0 aliphatic carbocycles. The lowest BCUT2D eigenvalue weighted by Gasteiger charge is -2.24. The largest absolute Gasteiger partial charge is 0.466 e. The third-order valence-corrected chi connectivity index (χ3v) is 10.8. The fourth-order valence-corrected chi connectivity index (χ4v) is 7.23. The van der Waals surface area contributed by atoms with Crippen LogP contribution in [0.2, 0.25) is 0 Å². The number of nitrogens with zero attached hydrogens (tertiary/aromatic N) is 1. The van der Waals surface area contributed by atoms with Crippen LogP contribution in [0.3, 0.4) is 0 Å². The summed E-state index contributed by atoms with van der Waals surface area (Å²) in [6, 6.07) is 0. The molecule has 6 heteroatoms. The molecular weight excluding hydrogens is 647 g/mol. The average molecular weight is 740 g/mol. The number of rotatable bonds is 43. The van der Waals surface area contributed by atoms with Gasteiger partial charge < -0.3 is 24.6 Å². The van der Waals surface area contributed by atoms with Gasteiger partial charge in [-0.05, 0) is 70.9 Å². The zero-order valence-corrected chi connectivity index (χ0v) is 35.7. The van der Waals surface area contributed by atoms with Crippen LogP contribution < -0.4 is 0 Å². The maximum Gasteiger partial charge on any atom is 0.305 e. The van der Waals surface area contributed by atoms with Crippen LogP contribution in [0.1, 0.15) is 246 Å². The van der Waals surface area contributed by atoms with Crippen molar-refractivity contribution in [2.75, 3.05) is 26.2 Å². The maximum atomic E-state index is 12.0. The summed E-state index contributed by atoms with van der Waals surface area (Å²) in [4.78, 5) is 14.5. The minimum absolute atomic E-state index is 0.0264. The van der Waals surface area contributed by atoms with E-state index in [0.29, 0.717) is 13.0 Å². The van der Waals surface area contributed by atoms with E-state index >= 15 is 0 Å². The van der Waals surface area contributed by atoms with Gasteiger partial charge in [-0.3, -0.25) is 4.79 Å². The van der Waals surface area contributed by atoms with Crippen molar-refractivity contribution in [3.8, 4) is 0 Å². The number of hydrogen-bond donors (Lipinski definition) is 2. The molecule has 0 amide bonds. The number of carbonyl (C=O) groups is 1. The fourth-order valence-electron chi connectivity index (χ4n) is 7.23. The van der Waals surface area contributed by atoms with Crippen molar-refractivity contribution in [1.82, 2.24) is 4.90 Å². The Morgan fingerprint density at radius 2 is 0.904 bits per heavy atom. The number of aliphatic hydroxyl groups is 2. The number of carbonyl (C=O) groups excluding carboxylic acids is 1. The maximum absolute atomic E-state index is 12.0. The molecule has 0 saturated heterocycles. The Morgan fingerprint density at radius 1 is 0.500 bits per heavy atom. The highest BCUT2D eigenvalue weighted by atomic mass is 16.6. The minimum Gasteiger partial charge on any atom is -0.466 e. The van der Waals surface area contributed by atoms with Crippen LogP contribution in [0.25, 0.3) is 0 Å². The van der Waals surface area contributed by atoms with Crippen molar-refractivity contribution in [3.63, 3.8) is 0 Å².